The van der Waals surface area contributed by atoms with Gasteiger partial charge < -0.3 is 42.8 Å². The van der Waals surface area contributed by atoms with Gasteiger partial charge >= 0.3 is 11.9 Å². The van der Waals surface area contributed by atoms with Gasteiger partial charge in [-0.3, -0.25) is 0 Å². The second kappa shape index (κ2) is 16.7. The van der Waals surface area contributed by atoms with Crippen molar-refractivity contribution in [2.75, 3.05) is 49.7 Å². The van der Waals surface area contributed by atoms with Crippen LogP contribution >= 0.6 is 12.4 Å². The maximum Gasteiger partial charge on any atom is 0.338 e. The first-order chi connectivity index (χ1) is 21.3. The molecule has 0 radical (unpaired) electrons. The Kier molecular flexibility index (Phi) is 13.3. The van der Waals surface area contributed by atoms with Crippen molar-refractivity contribution >= 4 is 24.3 Å². The smallest absolute Gasteiger partial charge is 0.338 e. The van der Waals surface area contributed by atoms with Crippen LogP contribution in [-0.4, -0.2) is 90.8 Å². The molecule has 0 atom stereocenters. The van der Waals surface area contributed by atoms with Crippen LogP contribution in [0.3, 0.4) is 0 Å². The fourth-order valence-electron chi connectivity index (χ4n) is 6.28. The third-order valence-electron chi connectivity index (χ3n) is 8.79. The molecule has 0 bridgehead atoms. The second-order valence-corrected chi connectivity index (χ2v) is 11.2. The Morgan fingerprint density at radius 1 is 0.533 bits per heavy atom. The van der Waals surface area contributed by atoms with E-state index in [0.717, 1.165) is 51.4 Å². The third-order valence-corrected chi connectivity index (χ3v) is 8.79. The van der Waals surface area contributed by atoms with Gasteiger partial charge in [0.1, 0.15) is 12.2 Å². The molecular weight excluding hydrogens is 606 g/mol. The molecule has 0 N–H and O–H groups in total. The topological polar surface area (TPSA) is 111 Å². The number of ether oxygens (including phenoxy) is 8. The van der Waals surface area contributed by atoms with Crippen LogP contribution < -0.4 is 28.4 Å². The van der Waals surface area contributed by atoms with Crippen LogP contribution in [0.2, 0.25) is 0 Å². The normalized spacial score (nSPS) is 21.2. The van der Waals surface area contributed by atoms with Gasteiger partial charge in [0, 0.05) is 12.1 Å². The zero-order chi connectivity index (χ0) is 31.8. The van der Waals surface area contributed by atoms with E-state index in [-0.39, 0.29) is 24.6 Å². The molecule has 250 valence electrons. The number of nitrogens with zero attached hydrogens (tertiary/aromatic N) is 1. The molecule has 0 heterocycles. The SMILES string of the molecule is COc1cc(C(=O)OC2CCC(N(C)C3CCC(OC(=O)c4cc(OC)c(OC)c(OC)c4)CC3)CC2)cc(OC)c1OC.Cl. The summed E-state index contributed by atoms with van der Waals surface area (Å²) in [7, 11) is 11.3. The van der Waals surface area contributed by atoms with Crippen molar-refractivity contribution < 1.29 is 47.5 Å². The highest BCUT2D eigenvalue weighted by atomic mass is 35.5. The summed E-state index contributed by atoms with van der Waals surface area (Å²) in [6, 6.07) is 7.27. The number of carbonyl (C=O) groups excluding carboxylic acids is 2. The number of benzene rings is 2. The van der Waals surface area contributed by atoms with E-state index in [2.05, 4.69) is 11.9 Å². The molecule has 4 rings (SSSR count). The number of rotatable bonds is 12. The molecule has 0 saturated heterocycles. The summed E-state index contributed by atoms with van der Waals surface area (Å²) in [5.41, 5.74) is 0.725. The van der Waals surface area contributed by atoms with E-state index in [4.69, 9.17) is 37.9 Å². The van der Waals surface area contributed by atoms with E-state index >= 15 is 0 Å². The van der Waals surface area contributed by atoms with Crippen molar-refractivity contribution in [2.24, 2.45) is 0 Å². The molecule has 0 amide bonds. The summed E-state index contributed by atoms with van der Waals surface area (Å²) in [6.45, 7) is 0. The molecule has 2 saturated carbocycles. The summed E-state index contributed by atoms with van der Waals surface area (Å²) in [5.74, 6) is 1.71. The average Bonchev–Trinajstić information content (AvgIpc) is 3.06. The predicted molar refractivity (Wildman–Crippen MR) is 170 cm³/mol. The second-order valence-electron chi connectivity index (χ2n) is 11.2. The van der Waals surface area contributed by atoms with E-state index < -0.39 is 11.9 Å². The van der Waals surface area contributed by atoms with E-state index in [0.29, 0.717) is 57.7 Å². The number of esters is 2. The molecule has 2 aromatic carbocycles. The van der Waals surface area contributed by atoms with Crippen LogP contribution in [0.15, 0.2) is 24.3 Å². The Balaban J connectivity index is 0.00000552. The first kappa shape index (κ1) is 35.9. The van der Waals surface area contributed by atoms with Crippen molar-refractivity contribution in [2.45, 2.75) is 75.7 Å². The molecule has 12 heteroatoms. The summed E-state index contributed by atoms with van der Waals surface area (Å²) in [6.07, 6.45) is 6.69. The largest absolute Gasteiger partial charge is 0.493 e. The Morgan fingerprint density at radius 2 is 0.822 bits per heavy atom. The van der Waals surface area contributed by atoms with Gasteiger partial charge in [-0.2, -0.15) is 0 Å². The fraction of sp³-hybridized carbons (Fsp3) is 0.576. The molecule has 0 aromatic heterocycles. The molecule has 0 spiro atoms. The van der Waals surface area contributed by atoms with Gasteiger partial charge in [-0.1, -0.05) is 0 Å². The molecule has 0 unspecified atom stereocenters. The maximum atomic E-state index is 13.0. The molecule has 45 heavy (non-hydrogen) atoms. The van der Waals surface area contributed by atoms with Crippen LogP contribution in [0.5, 0.6) is 34.5 Å². The average molecular weight is 652 g/mol. The first-order valence-corrected chi connectivity index (χ1v) is 15.0. The van der Waals surface area contributed by atoms with Gasteiger partial charge in [0.05, 0.1) is 53.8 Å². The minimum Gasteiger partial charge on any atom is -0.493 e. The van der Waals surface area contributed by atoms with E-state index in [1.165, 1.54) is 42.7 Å². The number of methoxy groups -OCH3 is 6. The van der Waals surface area contributed by atoms with Crippen LogP contribution in [0.25, 0.3) is 0 Å². The molecule has 2 aliphatic carbocycles. The van der Waals surface area contributed by atoms with Crippen LogP contribution in [0.1, 0.15) is 72.1 Å². The van der Waals surface area contributed by atoms with Crippen molar-refractivity contribution in [3.05, 3.63) is 35.4 Å². The lowest BCUT2D eigenvalue weighted by molar-refractivity contribution is -0.00280. The quantitative estimate of drug-likeness (QED) is 0.262. The Morgan fingerprint density at radius 3 is 1.07 bits per heavy atom. The molecular formula is C33H46ClNO10. The van der Waals surface area contributed by atoms with Gasteiger partial charge in [-0.15, -0.1) is 12.4 Å². The Hall–Kier alpha value is -3.57. The van der Waals surface area contributed by atoms with E-state index in [1.807, 2.05) is 0 Å². The summed E-state index contributed by atoms with van der Waals surface area (Å²) in [4.78, 5) is 28.4. The van der Waals surface area contributed by atoms with E-state index in [1.54, 1.807) is 24.3 Å². The van der Waals surface area contributed by atoms with Gasteiger partial charge in [0.25, 0.3) is 0 Å². The molecule has 11 nitrogen and oxygen atoms in total. The van der Waals surface area contributed by atoms with Crippen LogP contribution in [0, 0.1) is 0 Å². The molecule has 2 aliphatic rings. The zero-order valence-electron chi connectivity index (χ0n) is 27.2. The lowest BCUT2D eigenvalue weighted by atomic mass is 9.87. The van der Waals surface area contributed by atoms with Crippen molar-refractivity contribution in [1.82, 2.24) is 4.90 Å². The van der Waals surface area contributed by atoms with Crippen LogP contribution in [0.4, 0.5) is 0 Å². The monoisotopic (exact) mass is 651 g/mol. The highest BCUT2D eigenvalue weighted by molar-refractivity contribution is 5.92. The lowest BCUT2D eigenvalue weighted by Gasteiger charge is -2.41. The molecule has 2 aromatic rings. The maximum absolute atomic E-state index is 13.0. The van der Waals surface area contributed by atoms with Gasteiger partial charge in [0.2, 0.25) is 11.5 Å². The summed E-state index contributed by atoms with van der Waals surface area (Å²) in [5, 5.41) is 0. The predicted octanol–water partition coefficient (Wildman–Crippen LogP) is 5.73. The number of hydrogen-bond acceptors (Lipinski definition) is 11. The lowest BCUT2D eigenvalue weighted by Crippen LogP contribution is -2.45. The van der Waals surface area contributed by atoms with Crippen molar-refractivity contribution in [3.8, 4) is 34.5 Å². The number of hydrogen-bond donors (Lipinski definition) is 0. The number of carbonyl (C=O) groups is 2. The van der Waals surface area contributed by atoms with Gasteiger partial charge in [0.15, 0.2) is 23.0 Å². The van der Waals surface area contributed by atoms with Crippen LogP contribution in [-0.2, 0) is 9.47 Å². The summed E-state index contributed by atoms with van der Waals surface area (Å²) < 4.78 is 43.9. The number of halogens is 1. The zero-order valence-corrected chi connectivity index (χ0v) is 28.0. The fourth-order valence-corrected chi connectivity index (χ4v) is 6.28. The minimum absolute atomic E-state index is 0. The first-order valence-electron chi connectivity index (χ1n) is 15.0. The highest BCUT2D eigenvalue weighted by Crippen LogP contribution is 2.40. The van der Waals surface area contributed by atoms with Crippen molar-refractivity contribution in [1.29, 1.82) is 0 Å². The molecule has 0 aliphatic heterocycles. The van der Waals surface area contributed by atoms with Crippen molar-refractivity contribution in [3.63, 3.8) is 0 Å². The summed E-state index contributed by atoms with van der Waals surface area (Å²) >= 11 is 0. The Bertz CT molecular complexity index is 1140. The molecule has 2 fully saturated rings. The van der Waals surface area contributed by atoms with E-state index in [9.17, 15) is 9.59 Å². The highest BCUT2D eigenvalue weighted by Gasteiger charge is 2.33. The minimum atomic E-state index is -0.402. The Labute approximate surface area is 271 Å². The van der Waals surface area contributed by atoms with Gasteiger partial charge in [-0.25, -0.2) is 9.59 Å². The standard InChI is InChI=1S/C33H45NO10.ClH/c1-34(22-8-12-24(13-9-22)43-32(35)20-16-26(37-2)30(41-6)27(17-20)38-3)23-10-14-25(15-11-23)44-33(36)21-18-28(39-4)31(42-7)29(19-21)40-5;/h16-19,22-25H,8-15H2,1-7H3;1H. The third kappa shape index (κ3) is 8.38. The van der Waals surface area contributed by atoms with Gasteiger partial charge in [-0.05, 0) is 82.7 Å².